The number of rotatable bonds is 3. The summed E-state index contributed by atoms with van der Waals surface area (Å²) in [6.07, 6.45) is 5.29. The largest absolute Gasteiger partial charge is 0.462 e. The van der Waals surface area contributed by atoms with E-state index in [1.807, 2.05) is 12.1 Å². The van der Waals surface area contributed by atoms with Crippen LogP contribution < -0.4 is 5.73 Å². The van der Waals surface area contributed by atoms with E-state index in [4.69, 9.17) is 10.2 Å². The third-order valence-electron chi connectivity index (χ3n) is 3.48. The number of nitrogens with two attached hydrogens (primary N) is 1. The van der Waals surface area contributed by atoms with Crippen LogP contribution in [0.4, 0.5) is 0 Å². The van der Waals surface area contributed by atoms with Crippen LogP contribution in [0.5, 0.6) is 0 Å². The molecule has 2 heterocycles. The van der Waals surface area contributed by atoms with Gasteiger partial charge in [0.05, 0.1) is 12.0 Å². The maximum absolute atomic E-state index is 5.87. The molecule has 2 N–H and O–H groups in total. The maximum Gasteiger partial charge on any atom is 0.162 e. The average Bonchev–Trinajstić information content (AvgIpc) is 2.86. The Kier molecular flexibility index (Phi) is 2.33. The van der Waals surface area contributed by atoms with Gasteiger partial charge in [-0.25, -0.2) is 4.98 Å². The molecule has 4 heteroatoms. The van der Waals surface area contributed by atoms with Crippen molar-refractivity contribution in [2.24, 2.45) is 5.73 Å². The van der Waals surface area contributed by atoms with Crippen molar-refractivity contribution in [3.8, 4) is 10.8 Å². The molecule has 1 fully saturated rings. The predicted octanol–water partition coefficient (Wildman–Crippen LogP) is 2.78. The van der Waals surface area contributed by atoms with Crippen molar-refractivity contribution in [2.75, 3.05) is 6.54 Å². The molecular formula is C12H14N2OS. The summed E-state index contributed by atoms with van der Waals surface area (Å²) >= 11 is 1.64. The van der Waals surface area contributed by atoms with Gasteiger partial charge >= 0.3 is 0 Å². The van der Waals surface area contributed by atoms with E-state index in [1.165, 1.54) is 19.3 Å². The summed E-state index contributed by atoms with van der Waals surface area (Å²) in [5.41, 5.74) is 7.17. The molecule has 3 rings (SSSR count). The Balaban J connectivity index is 1.93. The van der Waals surface area contributed by atoms with E-state index >= 15 is 0 Å². The average molecular weight is 234 g/mol. The summed E-state index contributed by atoms with van der Waals surface area (Å²) in [5.74, 6) is 0.850. The first-order chi connectivity index (χ1) is 7.84. The summed E-state index contributed by atoms with van der Waals surface area (Å²) in [5, 5.41) is 3.09. The molecule has 0 aromatic carbocycles. The van der Waals surface area contributed by atoms with Crippen molar-refractivity contribution in [1.82, 2.24) is 4.98 Å². The smallest absolute Gasteiger partial charge is 0.162 e. The molecule has 1 aliphatic rings. The minimum absolute atomic E-state index is 0.154. The van der Waals surface area contributed by atoms with Crippen LogP contribution in [0.25, 0.3) is 10.8 Å². The van der Waals surface area contributed by atoms with Crippen LogP contribution in [0.15, 0.2) is 28.2 Å². The highest BCUT2D eigenvalue weighted by Crippen LogP contribution is 2.43. The molecule has 0 amide bonds. The first kappa shape index (κ1) is 10.1. The lowest BCUT2D eigenvalue weighted by Crippen LogP contribution is -2.41. The van der Waals surface area contributed by atoms with E-state index in [2.05, 4.69) is 10.4 Å². The Morgan fingerprint density at radius 2 is 2.38 bits per heavy atom. The van der Waals surface area contributed by atoms with Gasteiger partial charge in [-0.3, -0.25) is 0 Å². The van der Waals surface area contributed by atoms with Gasteiger partial charge in [0.2, 0.25) is 0 Å². The number of furan rings is 1. The van der Waals surface area contributed by atoms with E-state index in [1.54, 1.807) is 17.6 Å². The fourth-order valence-corrected chi connectivity index (χ4v) is 3.11. The molecule has 16 heavy (non-hydrogen) atoms. The van der Waals surface area contributed by atoms with Crippen LogP contribution in [0.2, 0.25) is 0 Å². The normalized spacial score (nSPS) is 18.3. The summed E-state index contributed by atoms with van der Waals surface area (Å²) in [4.78, 5) is 4.66. The van der Waals surface area contributed by atoms with Crippen LogP contribution in [0.3, 0.4) is 0 Å². The molecule has 0 radical (unpaired) electrons. The fourth-order valence-electron chi connectivity index (χ4n) is 2.20. The molecule has 2 aromatic heterocycles. The van der Waals surface area contributed by atoms with Gasteiger partial charge in [-0.15, -0.1) is 11.3 Å². The molecule has 84 valence electrons. The van der Waals surface area contributed by atoms with Gasteiger partial charge in [-0.05, 0) is 25.0 Å². The zero-order valence-electron chi connectivity index (χ0n) is 8.98. The molecule has 0 saturated heterocycles. The monoisotopic (exact) mass is 234 g/mol. The molecule has 0 unspecified atom stereocenters. The predicted molar refractivity (Wildman–Crippen MR) is 64.4 cm³/mol. The van der Waals surface area contributed by atoms with Crippen LogP contribution in [-0.2, 0) is 5.41 Å². The van der Waals surface area contributed by atoms with Gasteiger partial charge in [0.15, 0.2) is 10.8 Å². The quantitative estimate of drug-likeness (QED) is 0.888. The standard InChI is InChI=1S/C12H14N2OS/c13-8-12(4-2-5-12)10-7-16-11(14-10)9-3-1-6-15-9/h1,3,6-7H,2,4-5,8,13H2. The highest BCUT2D eigenvalue weighted by atomic mass is 32.1. The number of hydrogen-bond donors (Lipinski definition) is 1. The van der Waals surface area contributed by atoms with Gasteiger partial charge < -0.3 is 10.2 Å². The lowest BCUT2D eigenvalue weighted by molar-refractivity contribution is 0.247. The van der Waals surface area contributed by atoms with E-state index in [0.717, 1.165) is 16.5 Å². The SMILES string of the molecule is NCC1(c2csc(-c3ccco3)n2)CCC1. The van der Waals surface area contributed by atoms with Crippen molar-refractivity contribution >= 4 is 11.3 Å². The molecule has 3 nitrogen and oxygen atoms in total. The molecule has 2 aromatic rings. The summed E-state index contributed by atoms with van der Waals surface area (Å²) < 4.78 is 5.35. The van der Waals surface area contributed by atoms with E-state index in [0.29, 0.717) is 6.54 Å². The third kappa shape index (κ3) is 1.41. The van der Waals surface area contributed by atoms with Gasteiger partial charge in [0.1, 0.15) is 0 Å². The second-order valence-electron chi connectivity index (χ2n) is 4.35. The molecule has 0 bridgehead atoms. The molecular weight excluding hydrogens is 220 g/mol. The highest BCUT2D eigenvalue weighted by molar-refractivity contribution is 7.13. The van der Waals surface area contributed by atoms with Gasteiger partial charge in [0.25, 0.3) is 0 Å². The summed E-state index contributed by atoms with van der Waals surface area (Å²) in [6, 6.07) is 3.83. The lowest BCUT2D eigenvalue weighted by Gasteiger charge is -2.39. The van der Waals surface area contributed by atoms with Crippen molar-refractivity contribution in [1.29, 1.82) is 0 Å². The fraction of sp³-hybridized carbons (Fsp3) is 0.417. The topological polar surface area (TPSA) is 52.0 Å². The second-order valence-corrected chi connectivity index (χ2v) is 5.21. The lowest BCUT2D eigenvalue weighted by atomic mass is 9.67. The van der Waals surface area contributed by atoms with E-state index < -0.39 is 0 Å². The van der Waals surface area contributed by atoms with Gasteiger partial charge in [0, 0.05) is 17.3 Å². The Hall–Kier alpha value is -1.13. The van der Waals surface area contributed by atoms with Gasteiger partial charge in [-0.2, -0.15) is 0 Å². The third-order valence-corrected chi connectivity index (χ3v) is 4.34. The summed E-state index contributed by atoms with van der Waals surface area (Å²) in [6.45, 7) is 0.703. The number of aromatic nitrogens is 1. The molecule has 1 saturated carbocycles. The van der Waals surface area contributed by atoms with Crippen LogP contribution in [0.1, 0.15) is 25.0 Å². The molecule has 1 aliphatic carbocycles. The van der Waals surface area contributed by atoms with E-state index in [9.17, 15) is 0 Å². The summed E-state index contributed by atoms with van der Waals surface area (Å²) in [7, 11) is 0. The van der Waals surface area contributed by atoms with Crippen molar-refractivity contribution in [2.45, 2.75) is 24.7 Å². The number of thiazole rings is 1. The minimum atomic E-state index is 0.154. The van der Waals surface area contributed by atoms with E-state index in [-0.39, 0.29) is 5.41 Å². The zero-order chi connectivity index (χ0) is 11.0. The second kappa shape index (κ2) is 3.71. The first-order valence-electron chi connectivity index (χ1n) is 5.54. The van der Waals surface area contributed by atoms with Crippen molar-refractivity contribution < 1.29 is 4.42 Å². The minimum Gasteiger partial charge on any atom is -0.462 e. The highest BCUT2D eigenvalue weighted by Gasteiger charge is 2.39. The van der Waals surface area contributed by atoms with Crippen molar-refractivity contribution in [3.63, 3.8) is 0 Å². The molecule has 0 atom stereocenters. The number of nitrogens with zero attached hydrogens (tertiary/aromatic N) is 1. The Labute approximate surface area is 98.3 Å². The van der Waals surface area contributed by atoms with Crippen molar-refractivity contribution in [3.05, 3.63) is 29.5 Å². The molecule has 0 spiro atoms. The van der Waals surface area contributed by atoms with Crippen LogP contribution in [-0.4, -0.2) is 11.5 Å². The number of hydrogen-bond acceptors (Lipinski definition) is 4. The first-order valence-corrected chi connectivity index (χ1v) is 6.42. The maximum atomic E-state index is 5.87. The molecule has 0 aliphatic heterocycles. The Morgan fingerprint density at radius 1 is 1.50 bits per heavy atom. The zero-order valence-corrected chi connectivity index (χ0v) is 9.80. The van der Waals surface area contributed by atoms with Gasteiger partial charge in [-0.1, -0.05) is 6.42 Å². The van der Waals surface area contributed by atoms with Crippen LogP contribution >= 0.6 is 11.3 Å². The Bertz CT molecular complexity index is 465. The Morgan fingerprint density at radius 3 is 2.94 bits per heavy atom. The van der Waals surface area contributed by atoms with Crippen LogP contribution in [0, 0.1) is 0 Å².